The Morgan fingerprint density at radius 1 is 1.43 bits per heavy atom. The highest BCUT2D eigenvalue weighted by atomic mass is 28.3. The van der Waals surface area contributed by atoms with Gasteiger partial charge < -0.3 is 8.85 Å². The van der Waals surface area contributed by atoms with Gasteiger partial charge in [-0.15, -0.1) is 0 Å². The maximum atomic E-state index is 10.9. The summed E-state index contributed by atoms with van der Waals surface area (Å²) in [6, 6.07) is 0. The lowest BCUT2D eigenvalue weighted by atomic mass is 10.3. The van der Waals surface area contributed by atoms with Crippen LogP contribution < -0.4 is 0 Å². The molecule has 0 amide bonds. The normalized spacial score (nSPS) is 14.2. The molecule has 0 saturated heterocycles. The molecular weight excluding hydrogens is 196 g/mol. The third-order valence-corrected chi connectivity index (χ3v) is 4.05. The molecule has 0 aliphatic heterocycles. The van der Waals surface area contributed by atoms with Gasteiger partial charge in [-0.3, -0.25) is 4.79 Å². The van der Waals surface area contributed by atoms with E-state index in [1.54, 1.807) is 0 Å². The van der Waals surface area contributed by atoms with Crippen molar-refractivity contribution < 1.29 is 13.6 Å². The van der Waals surface area contributed by atoms with Crippen LogP contribution in [0.1, 0.15) is 48.0 Å². The van der Waals surface area contributed by atoms with Crippen LogP contribution in [0.15, 0.2) is 0 Å². The fourth-order valence-electron chi connectivity index (χ4n) is 0.751. The average Bonchev–Trinajstić information content (AvgIpc) is 2.00. The van der Waals surface area contributed by atoms with Crippen molar-refractivity contribution in [3.8, 4) is 0 Å². The zero-order valence-electron chi connectivity index (χ0n) is 10.0. The highest BCUT2D eigenvalue weighted by Gasteiger charge is 2.36. The molecule has 0 N–H and O–H groups in total. The quantitative estimate of drug-likeness (QED) is 0.679. The second kappa shape index (κ2) is 5.51. The summed E-state index contributed by atoms with van der Waals surface area (Å²) in [6.45, 7) is 11.6. The molecule has 0 spiro atoms. The van der Waals surface area contributed by atoms with Crippen molar-refractivity contribution in [3.63, 3.8) is 0 Å². The lowest BCUT2D eigenvalue weighted by Crippen LogP contribution is -2.37. The van der Waals surface area contributed by atoms with Gasteiger partial charge in [0, 0.05) is 18.1 Å². The fourth-order valence-corrected chi connectivity index (χ4v) is 2.25. The monoisotopic (exact) mass is 217 g/mol. The minimum atomic E-state index is -1.52. The predicted octanol–water partition coefficient (Wildman–Crippen LogP) is 2.65. The molecule has 0 saturated carbocycles. The first-order chi connectivity index (χ1) is 6.27. The number of rotatable bonds is 4. The van der Waals surface area contributed by atoms with E-state index < -0.39 is 9.28 Å². The SMILES string of the molecule is CCC(C)O[Si](OC(C)=O)C(C)(C)C. The summed E-state index contributed by atoms with van der Waals surface area (Å²) in [6.07, 6.45) is 1.09. The Balaban J connectivity index is 4.33. The Hall–Kier alpha value is -0.353. The molecule has 1 unspecified atom stereocenters. The van der Waals surface area contributed by atoms with Crippen molar-refractivity contribution in [1.29, 1.82) is 0 Å². The Morgan fingerprint density at radius 2 is 1.93 bits per heavy atom. The minimum absolute atomic E-state index is 0.0836. The molecule has 0 aliphatic carbocycles. The van der Waals surface area contributed by atoms with Crippen LogP contribution in [0.4, 0.5) is 0 Å². The molecule has 1 atom stereocenters. The zero-order chi connectivity index (χ0) is 11.4. The standard InChI is InChI=1S/C10H21O3Si/c1-7-8(2)12-14(10(4,5)6)13-9(3)11/h8H,7H2,1-6H3. The van der Waals surface area contributed by atoms with Gasteiger partial charge in [0.1, 0.15) is 0 Å². The molecule has 83 valence electrons. The number of carbonyl (C=O) groups excluding carboxylic acids is 1. The van der Waals surface area contributed by atoms with Gasteiger partial charge in [0.2, 0.25) is 0 Å². The Morgan fingerprint density at radius 3 is 2.21 bits per heavy atom. The molecule has 0 aromatic rings. The number of carbonyl (C=O) groups is 1. The van der Waals surface area contributed by atoms with Crippen molar-refractivity contribution in [1.82, 2.24) is 0 Å². The van der Waals surface area contributed by atoms with Gasteiger partial charge in [0.05, 0.1) is 0 Å². The Labute approximate surface area is 88.6 Å². The highest BCUT2D eigenvalue weighted by Crippen LogP contribution is 2.29. The molecule has 0 bridgehead atoms. The number of hydrogen-bond acceptors (Lipinski definition) is 3. The van der Waals surface area contributed by atoms with E-state index in [-0.39, 0.29) is 17.1 Å². The van der Waals surface area contributed by atoms with Crippen LogP contribution in [0.5, 0.6) is 0 Å². The Bertz CT molecular complexity index is 186. The second-order valence-corrected chi connectivity index (χ2v) is 6.98. The van der Waals surface area contributed by atoms with E-state index in [1.807, 2.05) is 27.7 Å². The van der Waals surface area contributed by atoms with Crippen molar-refractivity contribution >= 4 is 15.3 Å². The second-order valence-electron chi connectivity index (χ2n) is 4.47. The Kier molecular flexibility index (Phi) is 5.37. The van der Waals surface area contributed by atoms with Gasteiger partial charge in [0.15, 0.2) is 0 Å². The van der Waals surface area contributed by atoms with Gasteiger partial charge >= 0.3 is 9.28 Å². The summed E-state index contributed by atoms with van der Waals surface area (Å²) in [7, 11) is -1.52. The fraction of sp³-hybridized carbons (Fsp3) is 0.900. The van der Waals surface area contributed by atoms with Crippen molar-refractivity contribution in [3.05, 3.63) is 0 Å². The molecular formula is C10H21O3Si. The summed E-state index contributed by atoms with van der Waals surface area (Å²) in [5.41, 5.74) is 0. The first kappa shape index (κ1) is 13.6. The first-order valence-corrected chi connectivity index (χ1v) is 6.31. The van der Waals surface area contributed by atoms with E-state index in [2.05, 4.69) is 6.92 Å². The third kappa shape index (κ3) is 5.39. The van der Waals surface area contributed by atoms with Gasteiger partial charge in [-0.1, -0.05) is 27.7 Å². The molecule has 3 nitrogen and oxygen atoms in total. The van der Waals surface area contributed by atoms with Crippen molar-refractivity contribution in [2.75, 3.05) is 0 Å². The van der Waals surface area contributed by atoms with Gasteiger partial charge in [-0.05, 0) is 13.3 Å². The molecule has 0 heterocycles. The van der Waals surface area contributed by atoms with Gasteiger partial charge in [-0.2, -0.15) is 0 Å². The summed E-state index contributed by atoms with van der Waals surface area (Å²) in [5, 5.41) is -0.0836. The van der Waals surface area contributed by atoms with Crippen LogP contribution in [0.2, 0.25) is 5.04 Å². The minimum Gasteiger partial charge on any atom is -0.492 e. The molecule has 0 fully saturated rings. The van der Waals surface area contributed by atoms with E-state index >= 15 is 0 Å². The summed E-state index contributed by atoms with van der Waals surface area (Å²) in [5.74, 6) is -0.253. The van der Waals surface area contributed by atoms with Gasteiger partial charge in [-0.25, -0.2) is 0 Å². The molecule has 4 heteroatoms. The molecule has 14 heavy (non-hydrogen) atoms. The van der Waals surface area contributed by atoms with E-state index in [1.165, 1.54) is 6.92 Å². The maximum Gasteiger partial charge on any atom is 0.466 e. The van der Waals surface area contributed by atoms with Crippen LogP contribution >= 0.6 is 0 Å². The zero-order valence-corrected chi connectivity index (χ0v) is 11.0. The predicted molar refractivity (Wildman–Crippen MR) is 58.1 cm³/mol. The first-order valence-electron chi connectivity index (χ1n) is 4.99. The molecule has 1 radical (unpaired) electrons. The van der Waals surface area contributed by atoms with E-state index in [0.717, 1.165) is 6.42 Å². The van der Waals surface area contributed by atoms with Crippen LogP contribution in [0.3, 0.4) is 0 Å². The van der Waals surface area contributed by atoms with Crippen LogP contribution in [-0.4, -0.2) is 21.4 Å². The molecule has 0 aliphatic rings. The van der Waals surface area contributed by atoms with Crippen LogP contribution in [-0.2, 0) is 13.6 Å². The maximum absolute atomic E-state index is 10.9. The van der Waals surface area contributed by atoms with Crippen LogP contribution in [0, 0.1) is 0 Å². The van der Waals surface area contributed by atoms with E-state index in [0.29, 0.717) is 0 Å². The largest absolute Gasteiger partial charge is 0.492 e. The highest BCUT2D eigenvalue weighted by molar-refractivity contribution is 6.50. The summed E-state index contributed by atoms with van der Waals surface area (Å²) in [4.78, 5) is 10.9. The smallest absolute Gasteiger partial charge is 0.466 e. The lowest BCUT2D eigenvalue weighted by molar-refractivity contribution is -0.134. The van der Waals surface area contributed by atoms with Crippen LogP contribution in [0.25, 0.3) is 0 Å². The van der Waals surface area contributed by atoms with Crippen molar-refractivity contribution in [2.45, 2.75) is 59.1 Å². The van der Waals surface area contributed by atoms with E-state index in [4.69, 9.17) is 8.85 Å². The molecule has 0 rings (SSSR count). The van der Waals surface area contributed by atoms with E-state index in [9.17, 15) is 4.79 Å². The molecule has 0 aromatic heterocycles. The topological polar surface area (TPSA) is 35.5 Å². The lowest BCUT2D eigenvalue weighted by Gasteiger charge is -2.27. The van der Waals surface area contributed by atoms with Gasteiger partial charge in [0.25, 0.3) is 5.97 Å². The number of hydrogen-bond donors (Lipinski definition) is 0. The third-order valence-electron chi connectivity index (χ3n) is 1.73. The molecule has 0 aromatic carbocycles. The summed E-state index contributed by atoms with van der Waals surface area (Å²) < 4.78 is 11.0. The van der Waals surface area contributed by atoms with Crippen molar-refractivity contribution in [2.24, 2.45) is 0 Å². The average molecular weight is 217 g/mol. The summed E-state index contributed by atoms with van der Waals surface area (Å²) >= 11 is 0.